The molecule has 2 fully saturated rings. The van der Waals surface area contributed by atoms with Crippen LogP contribution in [0.2, 0.25) is 0 Å². The van der Waals surface area contributed by atoms with Crippen molar-refractivity contribution in [3.05, 3.63) is 0 Å². The molecule has 1 aliphatic heterocycles. The molecule has 2 unspecified atom stereocenters. The minimum atomic E-state index is -0.896. The van der Waals surface area contributed by atoms with Crippen molar-refractivity contribution >= 4 is 11.9 Å². The lowest BCUT2D eigenvalue weighted by Crippen LogP contribution is -2.52. The highest BCUT2D eigenvalue weighted by molar-refractivity contribution is 5.84. The van der Waals surface area contributed by atoms with E-state index < -0.39 is 16.8 Å². The molecule has 1 saturated heterocycles. The van der Waals surface area contributed by atoms with Crippen molar-refractivity contribution in [2.45, 2.75) is 45.1 Å². The molecular weight excluding hydrogens is 260 g/mol. The second kappa shape index (κ2) is 5.69. The summed E-state index contributed by atoms with van der Waals surface area (Å²) in [6, 6.07) is -0.141. The maximum absolute atomic E-state index is 12.4. The molecule has 1 heterocycles. The van der Waals surface area contributed by atoms with Crippen LogP contribution in [0.15, 0.2) is 0 Å². The van der Waals surface area contributed by atoms with Gasteiger partial charge in [0.1, 0.15) is 0 Å². The summed E-state index contributed by atoms with van der Waals surface area (Å²) >= 11 is 0. The fourth-order valence-electron chi connectivity index (χ4n) is 3.15. The molecule has 6 nitrogen and oxygen atoms in total. The molecule has 0 aromatic carbocycles. The third kappa shape index (κ3) is 2.67. The van der Waals surface area contributed by atoms with E-state index in [1.165, 1.54) is 0 Å². The van der Waals surface area contributed by atoms with Crippen LogP contribution < -0.4 is 11.1 Å². The quantitative estimate of drug-likeness (QED) is 0.698. The third-order valence-electron chi connectivity index (χ3n) is 5.04. The fourth-order valence-corrected chi connectivity index (χ4v) is 3.15. The molecule has 20 heavy (non-hydrogen) atoms. The molecule has 1 amide bonds. The van der Waals surface area contributed by atoms with Crippen molar-refractivity contribution < 1.29 is 19.4 Å². The summed E-state index contributed by atoms with van der Waals surface area (Å²) in [6.45, 7) is 2.89. The Morgan fingerprint density at radius 3 is 2.50 bits per heavy atom. The summed E-state index contributed by atoms with van der Waals surface area (Å²) < 4.78 is 5.22. The van der Waals surface area contributed by atoms with Crippen molar-refractivity contribution in [1.82, 2.24) is 5.32 Å². The maximum atomic E-state index is 12.4. The summed E-state index contributed by atoms with van der Waals surface area (Å²) in [5.41, 5.74) is 4.56. The van der Waals surface area contributed by atoms with Gasteiger partial charge in [0.15, 0.2) is 0 Å². The maximum Gasteiger partial charge on any atom is 0.311 e. The monoisotopic (exact) mass is 284 g/mol. The van der Waals surface area contributed by atoms with Gasteiger partial charge in [0.25, 0.3) is 0 Å². The molecule has 0 aromatic heterocycles. The minimum Gasteiger partial charge on any atom is -0.481 e. The average molecular weight is 284 g/mol. The van der Waals surface area contributed by atoms with Gasteiger partial charge in [0, 0.05) is 25.8 Å². The second-order valence-corrected chi connectivity index (χ2v) is 6.30. The largest absolute Gasteiger partial charge is 0.481 e. The Morgan fingerprint density at radius 2 is 2.00 bits per heavy atom. The number of aliphatic carboxylic acids is 1. The molecule has 0 spiro atoms. The molecular formula is C14H24N2O4. The lowest BCUT2D eigenvalue weighted by atomic mass is 9.79. The normalized spacial score (nSPS) is 32.8. The molecule has 114 valence electrons. The highest BCUT2D eigenvalue weighted by Gasteiger charge is 2.45. The Kier molecular flexibility index (Phi) is 4.34. The topological polar surface area (TPSA) is 102 Å². The van der Waals surface area contributed by atoms with Gasteiger partial charge in [-0.2, -0.15) is 0 Å². The average Bonchev–Trinajstić information content (AvgIpc) is 2.78. The zero-order chi connectivity index (χ0) is 14.8. The van der Waals surface area contributed by atoms with Crippen LogP contribution in [-0.2, 0) is 14.3 Å². The molecule has 0 aromatic rings. The van der Waals surface area contributed by atoms with Crippen LogP contribution in [0.5, 0.6) is 0 Å². The first-order valence-electron chi connectivity index (χ1n) is 7.26. The predicted octanol–water partition coefficient (Wildman–Crippen LogP) is 0.502. The third-order valence-corrected chi connectivity index (χ3v) is 5.04. The van der Waals surface area contributed by atoms with E-state index in [0.717, 1.165) is 19.3 Å². The van der Waals surface area contributed by atoms with E-state index in [0.29, 0.717) is 26.1 Å². The SMILES string of the molecule is CC1(C(=O)NCC2(C(=O)O)CCOCC2)CCCC1N. The minimum absolute atomic E-state index is 0.116. The summed E-state index contributed by atoms with van der Waals surface area (Å²) in [5, 5.41) is 12.3. The number of carbonyl (C=O) groups is 2. The van der Waals surface area contributed by atoms with E-state index in [4.69, 9.17) is 10.5 Å². The standard InChI is InChI=1S/C14H24N2O4/c1-13(4-2-3-10(13)15)11(17)16-9-14(12(18)19)5-7-20-8-6-14/h10H,2-9,15H2,1H3,(H,16,17)(H,18,19). The number of amides is 1. The number of nitrogens with one attached hydrogen (secondary N) is 1. The number of carbonyl (C=O) groups excluding carboxylic acids is 1. The predicted molar refractivity (Wildman–Crippen MR) is 73.1 cm³/mol. The summed E-state index contributed by atoms with van der Waals surface area (Å²) in [6.07, 6.45) is 3.44. The first kappa shape index (κ1) is 15.3. The van der Waals surface area contributed by atoms with Crippen molar-refractivity contribution in [1.29, 1.82) is 0 Å². The summed E-state index contributed by atoms with van der Waals surface area (Å²) in [7, 11) is 0. The molecule has 1 saturated carbocycles. The lowest BCUT2D eigenvalue weighted by Gasteiger charge is -2.35. The van der Waals surface area contributed by atoms with Crippen LogP contribution in [0, 0.1) is 10.8 Å². The molecule has 6 heteroatoms. The van der Waals surface area contributed by atoms with Crippen LogP contribution in [0.3, 0.4) is 0 Å². The van der Waals surface area contributed by atoms with Gasteiger partial charge in [-0.3, -0.25) is 9.59 Å². The summed E-state index contributed by atoms with van der Waals surface area (Å²) in [5.74, 6) is -0.975. The van der Waals surface area contributed by atoms with E-state index in [1.807, 2.05) is 6.92 Å². The van der Waals surface area contributed by atoms with Crippen molar-refractivity contribution in [3.8, 4) is 0 Å². The van der Waals surface area contributed by atoms with Crippen LogP contribution >= 0.6 is 0 Å². The van der Waals surface area contributed by atoms with Crippen LogP contribution in [0.25, 0.3) is 0 Å². The summed E-state index contributed by atoms with van der Waals surface area (Å²) in [4.78, 5) is 23.9. The van der Waals surface area contributed by atoms with E-state index in [2.05, 4.69) is 5.32 Å². The van der Waals surface area contributed by atoms with Gasteiger partial charge in [-0.05, 0) is 32.6 Å². The number of nitrogens with two attached hydrogens (primary N) is 1. The number of hydrogen-bond donors (Lipinski definition) is 3. The van der Waals surface area contributed by atoms with Gasteiger partial charge < -0.3 is 20.9 Å². The highest BCUT2D eigenvalue weighted by Crippen LogP contribution is 2.37. The van der Waals surface area contributed by atoms with E-state index in [1.54, 1.807) is 0 Å². The molecule has 2 aliphatic rings. The second-order valence-electron chi connectivity index (χ2n) is 6.30. The van der Waals surface area contributed by atoms with E-state index in [-0.39, 0.29) is 18.5 Å². The molecule has 0 bridgehead atoms. The molecule has 0 radical (unpaired) electrons. The van der Waals surface area contributed by atoms with Gasteiger partial charge in [0.2, 0.25) is 5.91 Å². The number of carboxylic acids is 1. The van der Waals surface area contributed by atoms with Gasteiger partial charge in [-0.25, -0.2) is 0 Å². The lowest BCUT2D eigenvalue weighted by molar-refractivity contribution is -0.155. The molecule has 1 aliphatic carbocycles. The highest BCUT2D eigenvalue weighted by atomic mass is 16.5. The Bertz CT molecular complexity index is 393. The zero-order valence-corrected chi connectivity index (χ0v) is 12.0. The first-order chi connectivity index (χ1) is 9.41. The smallest absolute Gasteiger partial charge is 0.311 e. The molecule has 2 rings (SSSR count). The Morgan fingerprint density at radius 1 is 1.35 bits per heavy atom. The van der Waals surface area contributed by atoms with Crippen molar-refractivity contribution in [3.63, 3.8) is 0 Å². The zero-order valence-electron chi connectivity index (χ0n) is 12.0. The fraction of sp³-hybridized carbons (Fsp3) is 0.857. The Labute approximate surface area is 119 Å². The van der Waals surface area contributed by atoms with Gasteiger partial charge in [-0.1, -0.05) is 6.42 Å². The van der Waals surface area contributed by atoms with E-state index >= 15 is 0 Å². The molecule has 2 atom stereocenters. The molecule has 4 N–H and O–H groups in total. The van der Waals surface area contributed by atoms with Crippen LogP contribution in [0.1, 0.15) is 39.0 Å². The first-order valence-corrected chi connectivity index (χ1v) is 7.26. The van der Waals surface area contributed by atoms with Crippen LogP contribution in [0.4, 0.5) is 0 Å². The van der Waals surface area contributed by atoms with Gasteiger partial charge in [-0.15, -0.1) is 0 Å². The Balaban J connectivity index is 1.99. The van der Waals surface area contributed by atoms with Crippen molar-refractivity contribution in [2.75, 3.05) is 19.8 Å². The Hall–Kier alpha value is -1.14. The number of rotatable bonds is 4. The van der Waals surface area contributed by atoms with Gasteiger partial charge >= 0.3 is 5.97 Å². The number of carboxylic acid groups (broad SMARTS) is 1. The van der Waals surface area contributed by atoms with Gasteiger partial charge in [0.05, 0.1) is 10.8 Å². The van der Waals surface area contributed by atoms with E-state index in [9.17, 15) is 14.7 Å². The van der Waals surface area contributed by atoms with Crippen molar-refractivity contribution in [2.24, 2.45) is 16.6 Å². The number of ether oxygens (including phenoxy) is 1. The number of hydrogen-bond acceptors (Lipinski definition) is 4. The van der Waals surface area contributed by atoms with Crippen LogP contribution in [-0.4, -0.2) is 42.8 Å².